The van der Waals surface area contributed by atoms with E-state index in [0.717, 1.165) is 37.1 Å². The maximum absolute atomic E-state index is 12.0. The van der Waals surface area contributed by atoms with E-state index in [1.807, 2.05) is 24.3 Å². The van der Waals surface area contributed by atoms with Crippen molar-refractivity contribution in [3.8, 4) is 0 Å². The fourth-order valence-corrected chi connectivity index (χ4v) is 2.42. The van der Waals surface area contributed by atoms with Crippen molar-refractivity contribution >= 4 is 24.0 Å². The maximum Gasteiger partial charge on any atom is 0.248 e. The molecular formula is C17H27ClN2O3. The number of hydrogen-bond donors (Lipinski definition) is 2. The molecular weight excluding hydrogens is 316 g/mol. The lowest BCUT2D eigenvalue weighted by molar-refractivity contribution is -0.135. The minimum atomic E-state index is -0.447. The van der Waals surface area contributed by atoms with Gasteiger partial charge in [-0.2, -0.15) is 0 Å². The van der Waals surface area contributed by atoms with Crippen LogP contribution in [0.25, 0.3) is 0 Å². The number of carbonyl (C=O) groups is 1. The molecule has 1 aliphatic heterocycles. The van der Waals surface area contributed by atoms with Gasteiger partial charge >= 0.3 is 0 Å². The van der Waals surface area contributed by atoms with Crippen LogP contribution >= 0.6 is 12.4 Å². The van der Waals surface area contributed by atoms with Crippen LogP contribution in [0.4, 0.5) is 5.69 Å². The van der Waals surface area contributed by atoms with Crippen LogP contribution in [0, 0.1) is 0 Å². The number of ether oxygens (including phenoxy) is 2. The summed E-state index contributed by atoms with van der Waals surface area (Å²) in [5.41, 5.74) is 7.54. The highest BCUT2D eigenvalue weighted by molar-refractivity contribution is 5.85. The first-order valence-electron chi connectivity index (χ1n) is 8.00. The number of nitrogens with one attached hydrogen (secondary N) is 1. The fourth-order valence-electron chi connectivity index (χ4n) is 2.42. The molecule has 0 bridgehead atoms. The Labute approximate surface area is 144 Å². The van der Waals surface area contributed by atoms with Gasteiger partial charge in [-0.05, 0) is 50.3 Å². The summed E-state index contributed by atoms with van der Waals surface area (Å²) in [5, 5.41) is 2.90. The Bertz CT molecular complexity index is 461. The lowest BCUT2D eigenvalue weighted by Gasteiger charge is -2.23. The molecule has 1 amide bonds. The minimum Gasteiger partial charge on any atom is -0.399 e. The molecule has 2 unspecified atom stereocenters. The zero-order valence-electron chi connectivity index (χ0n) is 13.6. The maximum atomic E-state index is 12.0. The van der Waals surface area contributed by atoms with Crippen LogP contribution in [0.5, 0.6) is 0 Å². The van der Waals surface area contributed by atoms with Crippen molar-refractivity contribution in [1.82, 2.24) is 5.32 Å². The highest BCUT2D eigenvalue weighted by Gasteiger charge is 2.18. The second kappa shape index (κ2) is 10.5. The van der Waals surface area contributed by atoms with E-state index in [1.165, 1.54) is 6.42 Å². The van der Waals surface area contributed by atoms with Gasteiger partial charge in [-0.3, -0.25) is 4.79 Å². The molecule has 1 fully saturated rings. The number of rotatable bonds is 7. The van der Waals surface area contributed by atoms with E-state index < -0.39 is 6.10 Å². The first kappa shape index (κ1) is 19.7. The Balaban J connectivity index is 0.00000264. The number of nitrogen functional groups attached to an aromatic ring is 1. The molecule has 5 nitrogen and oxygen atoms in total. The molecule has 1 saturated heterocycles. The van der Waals surface area contributed by atoms with Gasteiger partial charge in [0.15, 0.2) is 0 Å². The molecule has 1 aromatic carbocycles. The van der Waals surface area contributed by atoms with Crippen molar-refractivity contribution in [3.63, 3.8) is 0 Å². The highest BCUT2D eigenvalue weighted by atomic mass is 35.5. The van der Waals surface area contributed by atoms with E-state index in [-0.39, 0.29) is 24.4 Å². The summed E-state index contributed by atoms with van der Waals surface area (Å²) in [4.78, 5) is 12.0. The molecule has 1 heterocycles. The number of benzene rings is 1. The standard InChI is InChI=1S/C17H26N2O3.ClH/c1-13(22-12-16-4-2-3-11-21-16)17(20)19-10-9-14-5-7-15(18)8-6-14;/h5-8,13,16H,2-4,9-12,18H2,1H3,(H,19,20);1H. The summed E-state index contributed by atoms with van der Waals surface area (Å²) >= 11 is 0. The summed E-state index contributed by atoms with van der Waals surface area (Å²) < 4.78 is 11.2. The molecule has 3 N–H and O–H groups in total. The molecule has 130 valence electrons. The van der Waals surface area contributed by atoms with Crippen LogP contribution in [0.2, 0.25) is 0 Å². The average Bonchev–Trinajstić information content (AvgIpc) is 2.55. The summed E-state index contributed by atoms with van der Waals surface area (Å²) in [5.74, 6) is -0.0775. The number of amides is 1. The predicted octanol–water partition coefficient (Wildman–Crippen LogP) is 2.32. The van der Waals surface area contributed by atoms with E-state index in [1.54, 1.807) is 6.92 Å². The molecule has 0 aliphatic carbocycles. The van der Waals surface area contributed by atoms with Crippen molar-refractivity contribution in [1.29, 1.82) is 0 Å². The third-order valence-corrected chi connectivity index (χ3v) is 3.87. The van der Waals surface area contributed by atoms with Gasteiger partial charge in [0.05, 0.1) is 12.7 Å². The Morgan fingerprint density at radius 2 is 2.13 bits per heavy atom. The molecule has 23 heavy (non-hydrogen) atoms. The second-order valence-corrected chi connectivity index (χ2v) is 5.75. The lowest BCUT2D eigenvalue weighted by atomic mass is 10.1. The van der Waals surface area contributed by atoms with Crippen molar-refractivity contribution in [2.45, 2.75) is 44.8 Å². The van der Waals surface area contributed by atoms with Crippen LogP contribution in [0.3, 0.4) is 0 Å². The van der Waals surface area contributed by atoms with E-state index >= 15 is 0 Å². The van der Waals surface area contributed by atoms with Crippen molar-refractivity contribution in [2.75, 3.05) is 25.5 Å². The fraction of sp³-hybridized carbons (Fsp3) is 0.588. The predicted molar refractivity (Wildman–Crippen MR) is 93.8 cm³/mol. The molecule has 2 atom stereocenters. The Morgan fingerprint density at radius 3 is 2.78 bits per heavy atom. The van der Waals surface area contributed by atoms with Gasteiger partial charge in [0.2, 0.25) is 5.91 Å². The number of hydrogen-bond acceptors (Lipinski definition) is 4. The summed E-state index contributed by atoms with van der Waals surface area (Å²) in [7, 11) is 0. The molecule has 0 aromatic heterocycles. The van der Waals surface area contributed by atoms with Gasteiger partial charge in [-0.25, -0.2) is 0 Å². The molecule has 2 rings (SSSR count). The average molecular weight is 343 g/mol. The highest BCUT2D eigenvalue weighted by Crippen LogP contribution is 2.13. The van der Waals surface area contributed by atoms with Crippen LogP contribution in [0.15, 0.2) is 24.3 Å². The second-order valence-electron chi connectivity index (χ2n) is 5.75. The van der Waals surface area contributed by atoms with Crippen LogP contribution < -0.4 is 11.1 Å². The van der Waals surface area contributed by atoms with Gasteiger partial charge in [-0.1, -0.05) is 12.1 Å². The zero-order chi connectivity index (χ0) is 15.8. The monoisotopic (exact) mass is 342 g/mol. The topological polar surface area (TPSA) is 73.6 Å². The van der Waals surface area contributed by atoms with Gasteiger partial charge in [0.25, 0.3) is 0 Å². The van der Waals surface area contributed by atoms with Gasteiger partial charge < -0.3 is 20.5 Å². The Morgan fingerprint density at radius 1 is 1.39 bits per heavy atom. The Hall–Kier alpha value is -1.30. The normalized spacial score (nSPS) is 18.7. The number of halogens is 1. The summed E-state index contributed by atoms with van der Waals surface area (Å²) in [6, 6.07) is 7.68. The lowest BCUT2D eigenvalue weighted by Crippen LogP contribution is -2.37. The third-order valence-electron chi connectivity index (χ3n) is 3.87. The first-order chi connectivity index (χ1) is 10.6. The molecule has 1 aromatic rings. The van der Waals surface area contributed by atoms with E-state index in [2.05, 4.69) is 5.32 Å². The van der Waals surface area contributed by atoms with Crippen LogP contribution in [0.1, 0.15) is 31.7 Å². The van der Waals surface area contributed by atoms with Gasteiger partial charge in [0, 0.05) is 18.8 Å². The number of anilines is 1. The molecule has 0 saturated carbocycles. The Kier molecular flexibility index (Phi) is 8.99. The van der Waals surface area contributed by atoms with Crippen LogP contribution in [-0.4, -0.2) is 37.9 Å². The summed E-state index contributed by atoms with van der Waals surface area (Å²) in [6.07, 6.45) is 3.79. The molecule has 1 aliphatic rings. The quantitative estimate of drug-likeness (QED) is 0.746. The zero-order valence-corrected chi connectivity index (χ0v) is 14.4. The van der Waals surface area contributed by atoms with Gasteiger partial charge in [0.1, 0.15) is 6.10 Å². The molecule has 0 radical (unpaired) electrons. The number of carbonyl (C=O) groups excluding carboxylic acids is 1. The minimum absolute atomic E-state index is 0. The SMILES string of the molecule is CC(OCC1CCCCO1)C(=O)NCCc1ccc(N)cc1.Cl. The smallest absolute Gasteiger partial charge is 0.248 e. The van der Waals surface area contributed by atoms with E-state index in [0.29, 0.717) is 13.2 Å². The van der Waals surface area contributed by atoms with E-state index in [9.17, 15) is 4.79 Å². The number of nitrogens with two attached hydrogens (primary N) is 1. The van der Waals surface area contributed by atoms with Crippen LogP contribution in [-0.2, 0) is 20.7 Å². The summed E-state index contributed by atoms with van der Waals surface area (Å²) in [6.45, 7) is 3.67. The largest absolute Gasteiger partial charge is 0.399 e. The van der Waals surface area contributed by atoms with Crippen molar-refractivity contribution in [3.05, 3.63) is 29.8 Å². The molecule has 6 heteroatoms. The van der Waals surface area contributed by atoms with E-state index in [4.69, 9.17) is 15.2 Å². The first-order valence-corrected chi connectivity index (χ1v) is 8.00. The van der Waals surface area contributed by atoms with Gasteiger partial charge in [-0.15, -0.1) is 12.4 Å². The molecule has 0 spiro atoms. The van der Waals surface area contributed by atoms with Crippen molar-refractivity contribution < 1.29 is 14.3 Å². The van der Waals surface area contributed by atoms with Crippen molar-refractivity contribution in [2.24, 2.45) is 0 Å². The third kappa shape index (κ3) is 7.20.